The molecular weight excluding hydrogens is 321 g/mol. The van der Waals surface area contributed by atoms with Crippen LogP contribution in [0.1, 0.15) is 15.9 Å². The van der Waals surface area contributed by atoms with Crippen molar-refractivity contribution in [2.24, 2.45) is 0 Å². The van der Waals surface area contributed by atoms with Gasteiger partial charge in [0.1, 0.15) is 0 Å². The van der Waals surface area contributed by atoms with Gasteiger partial charge in [-0.15, -0.1) is 0 Å². The molecule has 6 heteroatoms. The molecule has 0 unspecified atom stereocenters. The van der Waals surface area contributed by atoms with Gasteiger partial charge >= 0.3 is 9.95 Å². The number of carbonyl (C=O) groups excluding carboxylic acids is 1. The molecule has 0 saturated heterocycles. The SMILES string of the molecule is O=C(OC(Cl)(Cl)Cl)c1cc[n+](Cc2ccccc2)cc1. The van der Waals surface area contributed by atoms with Gasteiger partial charge in [-0.25, -0.2) is 9.36 Å². The zero-order chi connectivity index (χ0) is 14.6. The highest BCUT2D eigenvalue weighted by molar-refractivity contribution is 6.66. The number of pyridine rings is 1. The van der Waals surface area contributed by atoms with Crippen LogP contribution in [0.4, 0.5) is 0 Å². The van der Waals surface area contributed by atoms with Crippen LogP contribution in [0.15, 0.2) is 54.9 Å². The molecule has 1 aromatic heterocycles. The molecule has 20 heavy (non-hydrogen) atoms. The molecule has 0 spiro atoms. The van der Waals surface area contributed by atoms with E-state index in [-0.39, 0.29) is 0 Å². The van der Waals surface area contributed by atoms with E-state index in [1.165, 1.54) is 0 Å². The van der Waals surface area contributed by atoms with E-state index >= 15 is 0 Å². The molecule has 0 N–H and O–H groups in total. The highest BCUT2D eigenvalue weighted by Crippen LogP contribution is 2.28. The lowest BCUT2D eigenvalue weighted by Crippen LogP contribution is -2.33. The van der Waals surface area contributed by atoms with Crippen LogP contribution in [0.25, 0.3) is 0 Å². The number of alkyl halides is 3. The maximum absolute atomic E-state index is 11.6. The topological polar surface area (TPSA) is 30.2 Å². The Hall–Kier alpha value is -1.29. The minimum absolute atomic E-state index is 0.320. The Kier molecular flexibility index (Phi) is 4.86. The Morgan fingerprint density at radius 1 is 1.05 bits per heavy atom. The fraction of sp³-hybridized carbons (Fsp3) is 0.143. The highest BCUT2D eigenvalue weighted by atomic mass is 35.6. The van der Waals surface area contributed by atoms with Gasteiger partial charge in [-0.2, -0.15) is 0 Å². The molecule has 0 bridgehead atoms. The summed E-state index contributed by atoms with van der Waals surface area (Å²) < 4.78 is 4.51. The molecule has 1 aromatic carbocycles. The molecule has 0 aliphatic heterocycles. The maximum Gasteiger partial charge on any atom is 0.342 e. The van der Waals surface area contributed by atoms with E-state index in [0.29, 0.717) is 12.1 Å². The third kappa shape index (κ3) is 4.67. The lowest BCUT2D eigenvalue weighted by Gasteiger charge is -2.11. The van der Waals surface area contributed by atoms with Crippen molar-refractivity contribution >= 4 is 40.8 Å². The maximum atomic E-state index is 11.6. The Morgan fingerprint density at radius 2 is 1.65 bits per heavy atom. The Bertz CT molecular complexity index is 580. The van der Waals surface area contributed by atoms with Gasteiger partial charge in [-0.3, -0.25) is 0 Å². The Labute approximate surface area is 131 Å². The van der Waals surface area contributed by atoms with Gasteiger partial charge in [0.25, 0.3) is 0 Å². The van der Waals surface area contributed by atoms with Gasteiger partial charge in [0, 0.05) is 17.7 Å². The molecule has 0 radical (unpaired) electrons. The van der Waals surface area contributed by atoms with Gasteiger partial charge in [0.05, 0.1) is 5.56 Å². The summed E-state index contributed by atoms with van der Waals surface area (Å²) in [6.07, 6.45) is 3.53. The van der Waals surface area contributed by atoms with Crippen LogP contribution in [-0.4, -0.2) is 9.95 Å². The van der Waals surface area contributed by atoms with E-state index in [0.717, 1.165) is 5.56 Å². The van der Waals surface area contributed by atoms with Crippen molar-refractivity contribution in [3.63, 3.8) is 0 Å². The largest absolute Gasteiger partial charge is 0.411 e. The number of rotatable bonds is 3. The molecule has 0 aliphatic carbocycles. The molecule has 3 nitrogen and oxygen atoms in total. The number of ether oxygens (including phenoxy) is 1. The van der Waals surface area contributed by atoms with Crippen LogP contribution < -0.4 is 4.57 Å². The quantitative estimate of drug-likeness (QED) is 0.489. The predicted molar refractivity (Wildman–Crippen MR) is 77.9 cm³/mol. The molecule has 0 fully saturated rings. The van der Waals surface area contributed by atoms with E-state index in [2.05, 4.69) is 4.74 Å². The minimum Gasteiger partial charge on any atom is -0.411 e. The van der Waals surface area contributed by atoms with Crippen LogP contribution in [-0.2, 0) is 11.3 Å². The predicted octanol–water partition coefficient (Wildman–Crippen LogP) is 3.51. The van der Waals surface area contributed by atoms with Gasteiger partial charge in [-0.05, 0) is 34.8 Å². The zero-order valence-electron chi connectivity index (χ0n) is 10.3. The number of hydrogen-bond donors (Lipinski definition) is 0. The lowest BCUT2D eigenvalue weighted by molar-refractivity contribution is -0.688. The van der Waals surface area contributed by atoms with Crippen molar-refractivity contribution in [2.45, 2.75) is 10.5 Å². The molecule has 0 atom stereocenters. The van der Waals surface area contributed by atoms with Gasteiger partial charge in [0.2, 0.25) is 0 Å². The second kappa shape index (κ2) is 6.44. The molecule has 1 heterocycles. The summed E-state index contributed by atoms with van der Waals surface area (Å²) in [5, 5.41) is 0. The first-order valence-electron chi connectivity index (χ1n) is 5.77. The summed E-state index contributed by atoms with van der Waals surface area (Å²) >= 11 is 16.2. The molecule has 0 amide bonds. The average molecular weight is 332 g/mol. The zero-order valence-corrected chi connectivity index (χ0v) is 12.6. The fourth-order valence-electron chi connectivity index (χ4n) is 1.66. The molecular formula is C14H11Cl3NO2+. The van der Waals surface area contributed by atoms with Crippen molar-refractivity contribution in [3.05, 3.63) is 66.0 Å². The molecule has 2 rings (SSSR count). The van der Waals surface area contributed by atoms with Gasteiger partial charge < -0.3 is 4.74 Å². The summed E-state index contributed by atoms with van der Waals surface area (Å²) in [5.41, 5.74) is 1.48. The van der Waals surface area contributed by atoms with Crippen molar-refractivity contribution < 1.29 is 14.1 Å². The molecule has 2 aromatic rings. The molecule has 0 saturated carbocycles. The Morgan fingerprint density at radius 3 is 2.20 bits per heavy atom. The monoisotopic (exact) mass is 330 g/mol. The summed E-state index contributed by atoms with van der Waals surface area (Å²) in [6.45, 7) is 0.709. The first-order valence-corrected chi connectivity index (χ1v) is 6.90. The number of halogens is 3. The van der Waals surface area contributed by atoms with Gasteiger partial charge in [-0.1, -0.05) is 30.3 Å². The van der Waals surface area contributed by atoms with Crippen LogP contribution in [0.5, 0.6) is 0 Å². The minimum atomic E-state index is -2.05. The summed E-state index contributed by atoms with van der Waals surface area (Å²) in [5.74, 6) is -0.683. The highest BCUT2D eigenvalue weighted by Gasteiger charge is 2.26. The first kappa shape index (κ1) is 15.1. The summed E-state index contributed by atoms with van der Waals surface area (Å²) in [6, 6.07) is 13.2. The van der Waals surface area contributed by atoms with Crippen molar-refractivity contribution in [1.82, 2.24) is 0 Å². The van der Waals surface area contributed by atoms with E-state index in [9.17, 15) is 4.79 Å². The normalized spacial score (nSPS) is 11.2. The van der Waals surface area contributed by atoms with E-state index in [1.807, 2.05) is 34.9 Å². The second-order valence-electron chi connectivity index (χ2n) is 4.08. The van der Waals surface area contributed by atoms with Crippen molar-refractivity contribution in [3.8, 4) is 0 Å². The summed E-state index contributed by atoms with van der Waals surface area (Å²) in [7, 11) is 0. The van der Waals surface area contributed by atoms with Gasteiger partial charge in [0.15, 0.2) is 18.9 Å². The number of carbonyl (C=O) groups is 1. The fourth-order valence-corrected chi connectivity index (χ4v) is 1.87. The number of hydrogen-bond acceptors (Lipinski definition) is 2. The number of aromatic nitrogens is 1. The second-order valence-corrected chi connectivity index (χ2v) is 6.26. The summed E-state index contributed by atoms with van der Waals surface area (Å²) in [4.78, 5) is 11.6. The standard InChI is InChI=1S/C14H11Cl3NO2/c15-14(16,17)20-13(19)12-6-8-18(9-7-12)10-11-4-2-1-3-5-11/h1-9H,10H2/q+1. The van der Waals surface area contributed by atoms with Crippen molar-refractivity contribution in [1.29, 1.82) is 0 Å². The third-order valence-corrected chi connectivity index (χ3v) is 2.77. The van der Waals surface area contributed by atoms with Crippen LogP contribution in [0.2, 0.25) is 0 Å². The Balaban J connectivity index is 2.05. The number of benzene rings is 1. The average Bonchev–Trinajstić information content (AvgIpc) is 2.39. The van der Waals surface area contributed by atoms with Crippen molar-refractivity contribution in [2.75, 3.05) is 0 Å². The lowest BCUT2D eigenvalue weighted by atomic mass is 10.2. The van der Waals surface area contributed by atoms with Crippen LogP contribution in [0.3, 0.4) is 0 Å². The number of esters is 1. The first-order chi connectivity index (χ1) is 9.44. The van der Waals surface area contributed by atoms with E-state index < -0.39 is 9.95 Å². The van der Waals surface area contributed by atoms with E-state index in [4.69, 9.17) is 34.8 Å². The van der Waals surface area contributed by atoms with Crippen LogP contribution in [0, 0.1) is 0 Å². The van der Waals surface area contributed by atoms with E-state index in [1.54, 1.807) is 24.5 Å². The van der Waals surface area contributed by atoms with Crippen LogP contribution >= 0.6 is 34.8 Å². The smallest absolute Gasteiger partial charge is 0.342 e. The molecule has 0 aliphatic rings. The third-order valence-electron chi connectivity index (χ3n) is 2.54. The number of nitrogens with zero attached hydrogens (tertiary/aromatic N) is 1. The molecule has 104 valence electrons.